The summed E-state index contributed by atoms with van der Waals surface area (Å²) in [4.78, 5) is 7.86. The van der Waals surface area contributed by atoms with E-state index in [2.05, 4.69) is 215 Å². The van der Waals surface area contributed by atoms with Crippen molar-refractivity contribution in [2.45, 2.75) is 67.6 Å². The van der Waals surface area contributed by atoms with Crippen LogP contribution in [0.1, 0.15) is 83.3 Å². The molecular weight excluding hydrogens is 756 g/mol. The highest BCUT2D eigenvalue weighted by molar-refractivity contribution is 8.00. The number of hydrogen-bond donors (Lipinski definition) is 0. The summed E-state index contributed by atoms with van der Waals surface area (Å²) in [6.07, 6.45) is 0. The van der Waals surface area contributed by atoms with Gasteiger partial charge in [-0.25, -0.2) is 0 Å². The van der Waals surface area contributed by atoms with E-state index in [-0.39, 0.29) is 17.5 Å². The van der Waals surface area contributed by atoms with Crippen LogP contribution < -0.4 is 26.2 Å². The summed E-state index contributed by atoms with van der Waals surface area (Å²) in [6.45, 7) is 14.6. The Bertz CT molecular complexity index is 3130. The molecule has 5 aliphatic heterocycles. The van der Waals surface area contributed by atoms with Crippen LogP contribution in [0, 0.1) is 13.8 Å². The third-order valence-corrected chi connectivity index (χ3v) is 16.2. The zero-order valence-corrected chi connectivity index (χ0v) is 36.3. The van der Waals surface area contributed by atoms with Gasteiger partial charge in [-0.2, -0.15) is 0 Å². The van der Waals surface area contributed by atoms with E-state index < -0.39 is 5.41 Å². The van der Waals surface area contributed by atoms with E-state index in [0.717, 1.165) is 5.69 Å². The van der Waals surface area contributed by atoms with Crippen molar-refractivity contribution in [2.75, 3.05) is 9.80 Å². The van der Waals surface area contributed by atoms with Gasteiger partial charge in [-0.3, -0.25) is 0 Å². The lowest BCUT2D eigenvalue weighted by Crippen LogP contribution is -2.68. The molecule has 0 radical (unpaired) electrons. The van der Waals surface area contributed by atoms with Gasteiger partial charge in [-0.15, -0.1) is 0 Å². The van der Waals surface area contributed by atoms with Crippen LogP contribution in [0.2, 0.25) is 0 Å². The summed E-state index contributed by atoms with van der Waals surface area (Å²) >= 11 is 1.98. The van der Waals surface area contributed by atoms with E-state index in [1.54, 1.807) is 5.46 Å². The second-order valence-corrected chi connectivity index (χ2v) is 20.1. The van der Waals surface area contributed by atoms with Crippen LogP contribution in [0.3, 0.4) is 0 Å². The smallest absolute Gasteiger partial charge is 0.245 e. The van der Waals surface area contributed by atoms with E-state index in [0.29, 0.717) is 0 Å². The summed E-state index contributed by atoms with van der Waals surface area (Å²) in [5.41, 5.74) is 24.6. The number of fused-ring (bicyclic) bond motifs is 8. The molecule has 0 bridgehead atoms. The van der Waals surface area contributed by atoms with E-state index in [1.165, 1.54) is 105 Å². The molecule has 0 N–H and O–H groups in total. The molecule has 8 aromatic rings. The van der Waals surface area contributed by atoms with Gasteiger partial charge in [-0.05, 0) is 113 Å². The van der Waals surface area contributed by atoms with Crippen molar-refractivity contribution in [1.82, 2.24) is 0 Å². The number of nitrogens with zero attached hydrogens (tertiary/aromatic N) is 2. The monoisotopic (exact) mass is 800 g/mol. The fourth-order valence-electron chi connectivity index (χ4n) is 12.4. The average Bonchev–Trinajstić information content (AvgIpc) is 3.27. The lowest BCUT2D eigenvalue weighted by atomic mass is 9.27. The Kier molecular flexibility index (Phi) is 6.98. The standard InChI is InChI=1S/C57H45BN2S/c1-34-26-28-48-43(30-34)57(38-18-10-12-23-46(38)59(36-16-8-7-9-17-36)47-24-13-11-19-39(47)57)44-31-35(2)27-29-49(44)60(48)37-32-45-54-51(33-37)61-50-25-15-22-42-53(50)58(54)52-40(55(42,3)4)20-14-21-41(52)56(45,5)6/h7-33H,1-6H3. The topological polar surface area (TPSA) is 6.48 Å². The molecule has 5 aliphatic rings. The maximum Gasteiger partial charge on any atom is 0.245 e. The summed E-state index contributed by atoms with van der Waals surface area (Å²) in [5, 5.41) is 0. The predicted octanol–water partition coefficient (Wildman–Crippen LogP) is 12.5. The fraction of sp³-hybridized carbons (Fsp3) is 0.158. The Hall–Kier alpha value is -6.23. The van der Waals surface area contributed by atoms with Gasteiger partial charge in [0.25, 0.3) is 0 Å². The van der Waals surface area contributed by atoms with Crippen molar-refractivity contribution in [3.05, 3.63) is 219 Å². The van der Waals surface area contributed by atoms with Crippen LogP contribution in [-0.2, 0) is 16.2 Å². The van der Waals surface area contributed by atoms with Gasteiger partial charge in [0.1, 0.15) is 0 Å². The Morgan fingerprint density at radius 2 is 0.852 bits per heavy atom. The molecule has 0 saturated carbocycles. The van der Waals surface area contributed by atoms with Crippen molar-refractivity contribution in [3.8, 4) is 0 Å². The average molecular weight is 801 g/mol. The Balaban J connectivity index is 1.11. The van der Waals surface area contributed by atoms with Crippen molar-refractivity contribution >= 4 is 69.0 Å². The first-order valence-electron chi connectivity index (χ1n) is 21.8. The molecular formula is C57H45BN2S. The highest BCUT2D eigenvalue weighted by Gasteiger charge is 2.54. The van der Waals surface area contributed by atoms with E-state index in [4.69, 9.17) is 0 Å². The highest BCUT2D eigenvalue weighted by Crippen LogP contribution is 2.64. The largest absolute Gasteiger partial charge is 0.310 e. The lowest BCUT2D eigenvalue weighted by molar-refractivity contribution is 0.619. The van der Waals surface area contributed by atoms with Crippen molar-refractivity contribution in [1.29, 1.82) is 0 Å². The minimum Gasteiger partial charge on any atom is -0.310 e. The highest BCUT2D eigenvalue weighted by atomic mass is 32.2. The predicted molar refractivity (Wildman–Crippen MR) is 257 cm³/mol. The van der Waals surface area contributed by atoms with Crippen molar-refractivity contribution in [2.24, 2.45) is 0 Å². The third kappa shape index (κ3) is 4.36. The maximum atomic E-state index is 2.61. The normalized spacial score (nSPS) is 16.9. The van der Waals surface area contributed by atoms with Crippen LogP contribution >= 0.6 is 11.8 Å². The van der Waals surface area contributed by atoms with Crippen molar-refractivity contribution < 1.29 is 0 Å². The van der Waals surface area contributed by atoms with E-state index >= 15 is 0 Å². The minimum atomic E-state index is -0.576. The van der Waals surface area contributed by atoms with Crippen LogP contribution in [0.25, 0.3) is 0 Å². The van der Waals surface area contributed by atoms with E-state index in [1.807, 2.05) is 11.8 Å². The molecule has 1 spiro atoms. The Morgan fingerprint density at radius 1 is 0.377 bits per heavy atom. The molecule has 13 rings (SSSR count). The fourth-order valence-corrected chi connectivity index (χ4v) is 13.7. The summed E-state index contributed by atoms with van der Waals surface area (Å²) in [6, 6.07) is 62.9. The zero-order chi connectivity index (χ0) is 41.2. The number of aryl methyl sites for hydroxylation is 2. The van der Waals surface area contributed by atoms with Gasteiger partial charge < -0.3 is 9.80 Å². The third-order valence-electron chi connectivity index (χ3n) is 15.0. The maximum absolute atomic E-state index is 2.61. The summed E-state index contributed by atoms with van der Waals surface area (Å²) in [7, 11) is 0. The SMILES string of the molecule is Cc1ccc2c(c1)C1(c3ccccc3N(c3ccccc3)c3ccccc31)c1cc(C)ccc1N2c1cc2c3c(c1)C(C)(C)c1cccc4c1B3c1c(cccc1C4(C)C)S2. The molecule has 0 atom stereocenters. The molecule has 0 saturated heterocycles. The molecule has 292 valence electrons. The molecule has 8 aromatic carbocycles. The first kappa shape index (κ1) is 35.5. The van der Waals surface area contributed by atoms with Gasteiger partial charge in [0, 0.05) is 32.0 Å². The van der Waals surface area contributed by atoms with Crippen LogP contribution in [0.5, 0.6) is 0 Å². The van der Waals surface area contributed by atoms with Crippen molar-refractivity contribution in [3.63, 3.8) is 0 Å². The van der Waals surface area contributed by atoms with Gasteiger partial charge in [0.2, 0.25) is 6.71 Å². The number of rotatable bonds is 2. The molecule has 0 fully saturated rings. The number of para-hydroxylation sites is 3. The van der Waals surface area contributed by atoms with Gasteiger partial charge in [-0.1, -0.05) is 176 Å². The van der Waals surface area contributed by atoms with Gasteiger partial charge in [0.15, 0.2) is 0 Å². The lowest BCUT2D eigenvalue weighted by Gasteiger charge is -2.52. The first-order chi connectivity index (χ1) is 29.6. The summed E-state index contributed by atoms with van der Waals surface area (Å²) in [5.74, 6) is 0. The second-order valence-electron chi connectivity index (χ2n) is 19.0. The van der Waals surface area contributed by atoms with Crippen LogP contribution in [0.4, 0.5) is 34.1 Å². The number of anilines is 6. The van der Waals surface area contributed by atoms with Crippen LogP contribution in [-0.4, -0.2) is 6.71 Å². The minimum absolute atomic E-state index is 0.0688. The molecule has 0 aliphatic carbocycles. The zero-order valence-electron chi connectivity index (χ0n) is 35.5. The number of hydrogen-bond acceptors (Lipinski definition) is 3. The number of benzene rings is 8. The van der Waals surface area contributed by atoms with Gasteiger partial charge in [0.05, 0.1) is 28.2 Å². The molecule has 4 heteroatoms. The molecule has 61 heavy (non-hydrogen) atoms. The quantitative estimate of drug-likeness (QED) is 0.161. The Morgan fingerprint density at radius 3 is 1.48 bits per heavy atom. The van der Waals surface area contributed by atoms with Crippen LogP contribution in [0.15, 0.2) is 174 Å². The van der Waals surface area contributed by atoms with Gasteiger partial charge >= 0.3 is 0 Å². The molecule has 0 amide bonds. The molecule has 5 heterocycles. The van der Waals surface area contributed by atoms with E-state index in [9.17, 15) is 0 Å². The molecule has 0 aromatic heterocycles. The summed E-state index contributed by atoms with van der Waals surface area (Å²) < 4.78 is 0. The second kappa shape index (κ2) is 12.0. The first-order valence-corrected chi connectivity index (χ1v) is 22.6. The molecule has 0 unspecified atom stereocenters. The Labute approximate surface area is 364 Å². The molecule has 2 nitrogen and oxygen atoms in total.